The van der Waals surface area contributed by atoms with Crippen molar-refractivity contribution in [1.82, 2.24) is 10.6 Å². The summed E-state index contributed by atoms with van der Waals surface area (Å²) in [5, 5.41) is 4.17. The van der Waals surface area contributed by atoms with Crippen molar-refractivity contribution in [3.8, 4) is 11.5 Å². The highest BCUT2D eigenvalue weighted by atomic mass is 35.5. The van der Waals surface area contributed by atoms with Crippen LogP contribution in [-0.4, -0.2) is 37.4 Å². The third-order valence-corrected chi connectivity index (χ3v) is 3.36. The maximum Gasteiger partial charge on any atom is 0.492 e. The molecule has 0 aromatic heterocycles. The van der Waals surface area contributed by atoms with Crippen LogP contribution in [0.15, 0.2) is 18.2 Å². The summed E-state index contributed by atoms with van der Waals surface area (Å²) in [6.45, 7) is 4.21. The number of hydrogen-bond acceptors (Lipinski definition) is 4. The first-order valence-corrected chi connectivity index (χ1v) is 7.93. The van der Waals surface area contributed by atoms with E-state index in [1.165, 1.54) is 18.2 Å². The van der Waals surface area contributed by atoms with E-state index in [0.717, 1.165) is 0 Å². The molecule has 1 aromatic rings. The number of carbonyl (C=O) groups is 1. The van der Waals surface area contributed by atoms with Crippen LogP contribution in [0.2, 0.25) is 5.02 Å². The Balaban J connectivity index is 1.97. The van der Waals surface area contributed by atoms with Crippen molar-refractivity contribution in [2.24, 2.45) is 0 Å². The van der Waals surface area contributed by atoms with Gasteiger partial charge in [-0.1, -0.05) is 11.6 Å². The lowest BCUT2D eigenvalue weighted by Crippen LogP contribution is -2.66. The molecule has 0 bridgehead atoms. The molecule has 140 valence electrons. The summed E-state index contributed by atoms with van der Waals surface area (Å²) in [5.41, 5.74) is 0. The number of urea groups is 1. The first-order valence-electron chi connectivity index (χ1n) is 7.55. The Bertz CT molecular complexity index is 627. The van der Waals surface area contributed by atoms with Gasteiger partial charge in [-0.15, -0.1) is 0 Å². The van der Waals surface area contributed by atoms with Gasteiger partial charge in [0.05, 0.1) is 6.10 Å². The average molecular weight is 383 g/mol. The van der Waals surface area contributed by atoms with E-state index < -0.39 is 18.1 Å². The molecular weight excluding hydrogens is 365 g/mol. The van der Waals surface area contributed by atoms with Gasteiger partial charge >= 0.3 is 18.1 Å². The number of ether oxygens (including phenoxy) is 3. The highest BCUT2D eigenvalue weighted by Gasteiger charge is 2.65. The van der Waals surface area contributed by atoms with E-state index in [4.69, 9.17) is 25.8 Å². The number of rotatable bonds is 6. The lowest BCUT2D eigenvalue weighted by molar-refractivity contribution is -0.317. The first kappa shape index (κ1) is 19.5. The zero-order chi connectivity index (χ0) is 18.7. The van der Waals surface area contributed by atoms with Gasteiger partial charge in [0.2, 0.25) is 0 Å². The normalized spacial score (nSPS) is 19.2. The Morgan fingerprint density at radius 3 is 2.64 bits per heavy atom. The van der Waals surface area contributed by atoms with Gasteiger partial charge in [-0.25, -0.2) is 4.79 Å². The molecule has 0 saturated heterocycles. The lowest BCUT2D eigenvalue weighted by atomic mass is 10.3. The quantitative estimate of drug-likeness (QED) is 0.739. The molecule has 10 heteroatoms. The molecule has 1 unspecified atom stereocenters. The minimum Gasteiger partial charge on any atom is -0.424 e. The van der Waals surface area contributed by atoms with Gasteiger partial charge in [0.15, 0.2) is 11.5 Å². The fraction of sp³-hybridized carbons (Fsp3) is 0.533. The largest absolute Gasteiger partial charge is 0.492 e. The summed E-state index contributed by atoms with van der Waals surface area (Å²) in [5.74, 6) is -3.69. The van der Waals surface area contributed by atoms with Crippen molar-refractivity contribution in [2.45, 2.75) is 38.5 Å². The van der Waals surface area contributed by atoms with E-state index in [9.17, 15) is 18.0 Å². The monoisotopic (exact) mass is 382 g/mol. The third-order valence-electron chi connectivity index (χ3n) is 3.12. The van der Waals surface area contributed by atoms with Crippen molar-refractivity contribution >= 4 is 17.6 Å². The molecule has 1 aliphatic rings. The molecule has 1 atom stereocenters. The van der Waals surface area contributed by atoms with E-state index in [1.54, 1.807) is 5.32 Å². The molecule has 1 aromatic carbocycles. The molecule has 2 N–H and O–H groups in total. The van der Waals surface area contributed by atoms with Crippen molar-refractivity contribution in [1.29, 1.82) is 0 Å². The number of carbonyl (C=O) groups excluding carboxylic acids is 1. The average Bonchev–Trinajstić information content (AvgIpc) is 2.84. The number of amides is 2. The van der Waals surface area contributed by atoms with Crippen molar-refractivity contribution < 1.29 is 32.2 Å². The van der Waals surface area contributed by atoms with Gasteiger partial charge in [0, 0.05) is 24.2 Å². The molecular formula is C15H18ClF3N2O4. The Kier molecular flexibility index (Phi) is 5.89. The van der Waals surface area contributed by atoms with Crippen LogP contribution in [0.3, 0.4) is 0 Å². The summed E-state index contributed by atoms with van der Waals surface area (Å²) < 4.78 is 55.2. The van der Waals surface area contributed by atoms with E-state index >= 15 is 0 Å². The molecule has 0 fully saturated rings. The lowest BCUT2D eigenvalue weighted by Gasteiger charge is -2.29. The second-order valence-corrected chi connectivity index (χ2v) is 6.00. The fourth-order valence-corrected chi connectivity index (χ4v) is 2.16. The Labute approximate surface area is 147 Å². The molecule has 6 nitrogen and oxygen atoms in total. The Morgan fingerprint density at radius 2 is 2.00 bits per heavy atom. The number of nitrogens with one attached hydrogen (secondary N) is 2. The van der Waals surface area contributed by atoms with Gasteiger partial charge in [0.25, 0.3) is 0 Å². The smallest absolute Gasteiger partial charge is 0.424 e. The Morgan fingerprint density at radius 1 is 1.32 bits per heavy atom. The number of alkyl halides is 3. The SMILES string of the molecule is CC(C)OCCCNC(=O)NC1(C(F)(F)F)Oc2ccc(Cl)cc2O1. The first-order chi connectivity index (χ1) is 11.6. The summed E-state index contributed by atoms with van der Waals surface area (Å²) in [6.07, 6.45) is -4.54. The van der Waals surface area contributed by atoms with Crippen LogP contribution in [0.1, 0.15) is 20.3 Å². The van der Waals surface area contributed by atoms with E-state index in [2.05, 4.69) is 5.32 Å². The zero-order valence-electron chi connectivity index (χ0n) is 13.6. The highest BCUT2D eigenvalue weighted by molar-refractivity contribution is 6.30. The van der Waals surface area contributed by atoms with Gasteiger partial charge < -0.3 is 19.5 Å². The third kappa shape index (κ3) is 4.82. The molecule has 2 amide bonds. The van der Waals surface area contributed by atoms with Gasteiger partial charge in [-0.05, 0) is 32.4 Å². The number of hydrogen-bond donors (Lipinski definition) is 2. The minimum absolute atomic E-state index is 0.0351. The molecule has 25 heavy (non-hydrogen) atoms. The van der Waals surface area contributed by atoms with E-state index in [1.807, 2.05) is 13.8 Å². The number of halogens is 4. The Hall–Kier alpha value is -1.87. The zero-order valence-corrected chi connectivity index (χ0v) is 14.3. The van der Waals surface area contributed by atoms with Crippen LogP contribution in [0.4, 0.5) is 18.0 Å². The van der Waals surface area contributed by atoms with Gasteiger partial charge in [-0.3, -0.25) is 5.32 Å². The van der Waals surface area contributed by atoms with Crippen LogP contribution in [-0.2, 0) is 4.74 Å². The molecule has 2 rings (SSSR count). The highest BCUT2D eigenvalue weighted by Crippen LogP contribution is 2.45. The second kappa shape index (κ2) is 7.57. The predicted molar refractivity (Wildman–Crippen MR) is 83.7 cm³/mol. The maximum atomic E-state index is 13.4. The molecule has 0 aliphatic carbocycles. The van der Waals surface area contributed by atoms with Crippen LogP contribution in [0.25, 0.3) is 0 Å². The van der Waals surface area contributed by atoms with Crippen LogP contribution < -0.4 is 20.1 Å². The second-order valence-electron chi connectivity index (χ2n) is 5.56. The standard InChI is InChI=1S/C15H18ClF3N2O4/c1-9(2)23-7-3-6-20-13(22)21-15(14(17,18)19)24-11-5-4-10(16)8-12(11)25-15/h4-5,8-9H,3,6-7H2,1-2H3,(H2,20,21,22). The van der Waals surface area contributed by atoms with E-state index in [0.29, 0.717) is 13.0 Å². The van der Waals surface area contributed by atoms with Gasteiger partial charge in [-0.2, -0.15) is 13.2 Å². The van der Waals surface area contributed by atoms with Gasteiger partial charge in [0.1, 0.15) is 0 Å². The summed E-state index contributed by atoms with van der Waals surface area (Å²) in [6, 6.07) is 2.67. The predicted octanol–water partition coefficient (Wildman–Crippen LogP) is 3.44. The number of fused-ring (bicyclic) bond motifs is 1. The van der Waals surface area contributed by atoms with Crippen LogP contribution in [0.5, 0.6) is 11.5 Å². The maximum absolute atomic E-state index is 13.4. The van der Waals surface area contributed by atoms with Crippen molar-refractivity contribution in [3.05, 3.63) is 23.2 Å². The molecule has 0 saturated carbocycles. The molecule has 1 heterocycles. The topological polar surface area (TPSA) is 68.8 Å². The number of benzene rings is 1. The van der Waals surface area contributed by atoms with Crippen molar-refractivity contribution in [3.63, 3.8) is 0 Å². The molecule has 1 aliphatic heterocycles. The van der Waals surface area contributed by atoms with E-state index in [-0.39, 0.29) is 29.2 Å². The van der Waals surface area contributed by atoms with Crippen LogP contribution >= 0.6 is 11.6 Å². The fourth-order valence-electron chi connectivity index (χ4n) is 2.00. The summed E-state index contributed by atoms with van der Waals surface area (Å²) in [4.78, 5) is 11.8. The summed E-state index contributed by atoms with van der Waals surface area (Å²) >= 11 is 5.73. The summed E-state index contributed by atoms with van der Waals surface area (Å²) in [7, 11) is 0. The van der Waals surface area contributed by atoms with Crippen molar-refractivity contribution in [2.75, 3.05) is 13.2 Å². The molecule has 0 spiro atoms. The minimum atomic E-state index is -5.02. The van der Waals surface area contributed by atoms with Crippen LogP contribution in [0, 0.1) is 0 Å². The molecule has 0 radical (unpaired) electrons.